The number of hydrogen-bond donors (Lipinski definition) is 0. The second-order valence-electron chi connectivity index (χ2n) is 3.89. The maximum Gasteiger partial charge on any atom is 0.218 e. The minimum absolute atomic E-state index is 0.583. The molecule has 0 saturated carbocycles. The van der Waals surface area contributed by atoms with Crippen LogP contribution in [0.2, 0.25) is 0 Å². The molecule has 0 amide bonds. The van der Waals surface area contributed by atoms with Gasteiger partial charge in [0.1, 0.15) is 0 Å². The Morgan fingerprint density at radius 2 is 2.06 bits per heavy atom. The highest BCUT2D eigenvalue weighted by atomic mass is 32.1. The van der Waals surface area contributed by atoms with Gasteiger partial charge < -0.3 is 9.64 Å². The average molecular weight is 264 g/mol. The summed E-state index contributed by atoms with van der Waals surface area (Å²) in [5.74, 6) is 0. The van der Waals surface area contributed by atoms with E-state index in [-0.39, 0.29) is 0 Å². The van der Waals surface area contributed by atoms with Gasteiger partial charge in [-0.3, -0.25) is 9.36 Å². The maximum absolute atomic E-state index is 10.9. The van der Waals surface area contributed by atoms with Crippen LogP contribution >= 0.6 is 11.3 Å². The van der Waals surface area contributed by atoms with Crippen LogP contribution in [0.5, 0.6) is 0 Å². The molecule has 1 aliphatic heterocycles. The Labute approximate surface area is 108 Å². The lowest BCUT2D eigenvalue weighted by molar-refractivity contribution is 0.111. The van der Waals surface area contributed by atoms with Crippen molar-refractivity contribution >= 4 is 22.8 Å². The summed E-state index contributed by atoms with van der Waals surface area (Å²) in [4.78, 5) is 13.0. The first-order valence-electron chi connectivity index (χ1n) is 5.67. The number of ether oxygens (including phenoxy) is 1. The zero-order chi connectivity index (χ0) is 12.4. The van der Waals surface area contributed by atoms with Gasteiger partial charge in [0.05, 0.1) is 18.9 Å². The molecule has 0 aliphatic carbocycles. The highest BCUT2D eigenvalue weighted by molar-refractivity contribution is 7.17. The highest BCUT2D eigenvalue weighted by Gasteiger charge is 2.16. The third-order valence-corrected chi connectivity index (χ3v) is 3.78. The van der Waals surface area contributed by atoms with Gasteiger partial charge in [-0.2, -0.15) is 0 Å². The summed E-state index contributed by atoms with van der Waals surface area (Å²) in [7, 11) is 0. The van der Waals surface area contributed by atoms with Crippen LogP contribution in [0, 0.1) is 0 Å². The van der Waals surface area contributed by atoms with E-state index in [0.717, 1.165) is 37.7 Å². The number of rotatable bonds is 3. The van der Waals surface area contributed by atoms with Crippen LogP contribution in [0.25, 0.3) is 5.13 Å². The molecule has 6 nitrogen and oxygen atoms in total. The van der Waals surface area contributed by atoms with Gasteiger partial charge in [0.25, 0.3) is 0 Å². The van der Waals surface area contributed by atoms with E-state index in [0.29, 0.717) is 10.8 Å². The molecule has 0 atom stereocenters. The molecular formula is C11H12N4O2S. The molecule has 2 aromatic rings. The molecule has 18 heavy (non-hydrogen) atoms. The molecule has 1 fully saturated rings. The van der Waals surface area contributed by atoms with Crippen molar-refractivity contribution in [2.45, 2.75) is 0 Å². The Morgan fingerprint density at radius 3 is 2.83 bits per heavy atom. The van der Waals surface area contributed by atoms with Crippen LogP contribution in [-0.4, -0.2) is 47.4 Å². The van der Waals surface area contributed by atoms with E-state index in [1.165, 1.54) is 11.3 Å². The number of morpholine rings is 1. The third kappa shape index (κ3) is 2.02. The standard InChI is InChI=1S/C11H12N4O2S/c16-8-9-2-1-3-15(9)11-13-12-10(18-11)14-4-6-17-7-5-14/h1-3,8H,4-7H2. The second-order valence-corrected chi connectivity index (χ2v) is 4.82. The van der Waals surface area contributed by atoms with Gasteiger partial charge in [-0.05, 0) is 12.1 Å². The van der Waals surface area contributed by atoms with E-state index >= 15 is 0 Å². The Bertz CT molecular complexity index is 545. The van der Waals surface area contributed by atoms with Crippen molar-refractivity contribution < 1.29 is 9.53 Å². The number of aromatic nitrogens is 3. The molecule has 0 N–H and O–H groups in total. The van der Waals surface area contributed by atoms with Gasteiger partial charge in [0.2, 0.25) is 10.3 Å². The number of aldehydes is 1. The molecule has 1 aliphatic rings. The SMILES string of the molecule is O=Cc1cccn1-c1nnc(N2CCOCC2)s1. The third-order valence-electron chi connectivity index (χ3n) is 2.79. The smallest absolute Gasteiger partial charge is 0.218 e. The summed E-state index contributed by atoms with van der Waals surface area (Å²) in [5.41, 5.74) is 0.583. The minimum Gasteiger partial charge on any atom is -0.378 e. The van der Waals surface area contributed by atoms with Crippen LogP contribution in [-0.2, 0) is 4.74 Å². The molecule has 7 heteroatoms. The van der Waals surface area contributed by atoms with Crippen LogP contribution in [0.4, 0.5) is 5.13 Å². The maximum atomic E-state index is 10.9. The molecule has 3 rings (SSSR count). The first kappa shape index (κ1) is 11.4. The van der Waals surface area contributed by atoms with Crippen molar-refractivity contribution in [3.05, 3.63) is 24.0 Å². The van der Waals surface area contributed by atoms with Crippen molar-refractivity contribution in [2.75, 3.05) is 31.2 Å². The first-order chi connectivity index (χ1) is 8.88. The van der Waals surface area contributed by atoms with Crippen LogP contribution < -0.4 is 4.90 Å². The van der Waals surface area contributed by atoms with Crippen LogP contribution in [0.15, 0.2) is 18.3 Å². The van der Waals surface area contributed by atoms with Gasteiger partial charge >= 0.3 is 0 Å². The highest BCUT2D eigenvalue weighted by Crippen LogP contribution is 2.24. The average Bonchev–Trinajstić information content (AvgIpc) is 3.08. The molecule has 2 aromatic heterocycles. The Hall–Kier alpha value is -1.73. The molecule has 1 saturated heterocycles. The molecule has 0 aromatic carbocycles. The minimum atomic E-state index is 0.583. The van der Waals surface area contributed by atoms with E-state index in [2.05, 4.69) is 15.1 Å². The number of anilines is 1. The fourth-order valence-corrected chi connectivity index (χ4v) is 2.76. The van der Waals surface area contributed by atoms with E-state index < -0.39 is 0 Å². The normalized spacial score (nSPS) is 15.9. The van der Waals surface area contributed by atoms with Crippen LogP contribution in [0.1, 0.15) is 10.5 Å². The van der Waals surface area contributed by atoms with Gasteiger partial charge in [-0.1, -0.05) is 11.3 Å². The van der Waals surface area contributed by atoms with Crippen molar-refractivity contribution in [3.63, 3.8) is 0 Å². The van der Waals surface area contributed by atoms with Crippen molar-refractivity contribution in [2.24, 2.45) is 0 Å². The molecule has 94 valence electrons. The predicted octanol–water partition coefficient (Wildman–Crippen LogP) is 0.978. The quantitative estimate of drug-likeness (QED) is 0.773. The lowest BCUT2D eigenvalue weighted by Crippen LogP contribution is -2.36. The lowest BCUT2D eigenvalue weighted by Gasteiger charge is -2.25. The largest absolute Gasteiger partial charge is 0.378 e. The number of carbonyl (C=O) groups is 1. The van der Waals surface area contributed by atoms with E-state index in [1.54, 1.807) is 10.6 Å². The molecular weight excluding hydrogens is 252 g/mol. The second kappa shape index (κ2) is 4.87. The number of hydrogen-bond acceptors (Lipinski definition) is 6. The molecule has 3 heterocycles. The summed E-state index contributed by atoms with van der Waals surface area (Å²) < 4.78 is 7.04. The first-order valence-corrected chi connectivity index (χ1v) is 6.49. The van der Waals surface area contributed by atoms with Crippen molar-refractivity contribution in [1.29, 1.82) is 0 Å². The van der Waals surface area contributed by atoms with Gasteiger partial charge in [0.15, 0.2) is 6.29 Å². The Kier molecular flexibility index (Phi) is 3.07. The summed E-state index contributed by atoms with van der Waals surface area (Å²) in [5, 5.41) is 9.89. The molecule has 0 unspecified atom stereocenters. The molecule has 0 spiro atoms. The van der Waals surface area contributed by atoms with Crippen molar-refractivity contribution in [3.8, 4) is 5.13 Å². The van der Waals surface area contributed by atoms with Gasteiger partial charge in [-0.25, -0.2) is 0 Å². The predicted molar refractivity (Wildman–Crippen MR) is 67.7 cm³/mol. The van der Waals surface area contributed by atoms with E-state index in [1.807, 2.05) is 12.3 Å². The molecule has 0 radical (unpaired) electrons. The van der Waals surface area contributed by atoms with Gasteiger partial charge in [-0.15, -0.1) is 10.2 Å². The van der Waals surface area contributed by atoms with E-state index in [9.17, 15) is 4.79 Å². The fourth-order valence-electron chi connectivity index (χ4n) is 1.85. The van der Waals surface area contributed by atoms with Gasteiger partial charge in [0, 0.05) is 19.3 Å². The molecule has 0 bridgehead atoms. The fraction of sp³-hybridized carbons (Fsp3) is 0.364. The topological polar surface area (TPSA) is 60.2 Å². The lowest BCUT2D eigenvalue weighted by atomic mass is 10.5. The zero-order valence-electron chi connectivity index (χ0n) is 9.65. The number of nitrogens with zero attached hydrogens (tertiary/aromatic N) is 4. The summed E-state index contributed by atoms with van der Waals surface area (Å²) >= 11 is 1.48. The summed E-state index contributed by atoms with van der Waals surface area (Å²) in [6.45, 7) is 3.11. The summed E-state index contributed by atoms with van der Waals surface area (Å²) in [6.07, 6.45) is 2.63. The Balaban J connectivity index is 1.86. The summed E-state index contributed by atoms with van der Waals surface area (Å²) in [6, 6.07) is 3.57. The Morgan fingerprint density at radius 1 is 1.28 bits per heavy atom. The number of carbonyl (C=O) groups excluding carboxylic acids is 1. The monoisotopic (exact) mass is 264 g/mol. The zero-order valence-corrected chi connectivity index (χ0v) is 10.5. The van der Waals surface area contributed by atoms with E-state index in [4.69, 9.17) is 4.74 Å². The van der Waals surface area contributed by atoms with Crippen LogP contribution in [0.3, 0.4) is 0 Å². The van der Waals surface area contributed by atoms with Crippen molar-refractivity contribution in [1.82, 2.24) is 14.8 Å².